The maximum atomic E-state index is 12.7. The molecule has 1 saturated heterocycles. The Bertz CT molecular complexity index is 1210. The molecule has 2 aromatic rings. The number of carbonyl (C=O) groups is 1. The quantitative estimate of drug-likeness (QED) is 0.527. The molecule has 1 heterocycles. The number of nitrogens with zero attached hydrogens (tertiary/aromatic N) is 1. The van der Waals surface area contributed by atoms with Crippen molar-refractivity contribution >= 4 is 37.6 Å². The fourth-order valence-corrected chi connectivity index (χ4v) is 6.56. The summed E-state index contributed by atoms with van der Waals surface area (Å²) in [5, 5.41) is 2.85. The van der Waals surface area contributed by atoms with Crippen LogP contribution in [-0.4, -0.2) is 53.3 Å². The van der Waals surface area contributed by atoms with E-state index in [-0.39, 0.29) is 27.1 Å². The molecular formula is C21H26ClN3O6S2. The van der Waals surface area contributed by atoms with Gasteiger partial charge < -0.3 is 10.1 Å². The third-order valence-electron chi connectivity index (χ3n) is 5.23. The first-order valence-electron chi connectivity index (χ1n) is 10.3. The molecule has 1 amide bonds. The van der Waals surface area contributed by atoms with Crippen LogP contribution >= 0.6 is 11.6 Å². The Hall–Kier alpha value is -2.18. The van der Waals surface area contributed by atoms with E-state index in [1.807, 2.05) is 0 Å². The van der Waals surface area contributed by atoms with Crippen molar-refractivity contribution in [2.24, 2.45) is 0 Å². The van der Waals surface area contributed by atoms with Crippen LogP contribution in [0.3, 0.4) is 0 Å². The predicted octanol–water partition coefficient (Wildman–Crippen LogP) is 2.12. The molecule has 12 heteroatoms. The first-order valence-corrected chi connectivity index (χ1v) is 13.6. The summed E-state index contributed by atoms with van der Waals surface area (Å²) in [4.78, 5) is 12.5. The Morgan fingerprint density at radius 3 is 2.33 bits per heavy atom. The molecule has 33 heavy (non-hydrogen) atoms. The van der Waals surface area contributed by atoms with Gasteiger partial charge in [-0.25, -0.2) is 16.8 Å². The number of halogens is 1. The van der Waals surface area contributed by atoms with Gasteiger partial charge in [-0.15, -0.1) is 0 Å². The Balaban J connectivity index is 1.61. The zero-order chi connectivity index (χ0) is 24.2. The van der Waals surface area contributed by atoms with Crippen molar-refractivity contribution in [2.45, 2.75) is 42.1 Å². The van der Waals surface area contributed by atoms with Crippen molar-refractivity contribution < 1.29 is 26.4 Å². The van der Waals surface area contributed by atoms with Crippen LogP contribution in [0.2, 0.25) is 5.02 Å². The number of benzene rings is 2. The number of nitrogens with one attached hydrogen (secondary N) is 2. The van der Waals surface area contributed by atoms with Gasteiger partial charge in [0.1, 0.15) is 10.6 Å². The molecule has 9 nitrogen and oxygen atoms in total. The van der Waals surface area contributed by atoms with Gasteiger partial charge in [0, 0.05) is 24.7 Å². The Labute approximate surface area is 199 Å². The van der Waals surface area contributed by atoms with E-state index >= 15 is 0 Å². The van der Waals surface area contributed by atoms with E-state index in [1.54, 1.807) is 12.1 Å². The first-order chi connectivity index (χ1) is 15.5. The van der Waals surface area contributed by atoms with Gasteiger partial charge in [-0.05, 0) is 55.7 Å². The molecule has 0 aromatic heterocycles. The standard InChI is InChI=1S/C21H26ClN3O6S2/c1-15(24-32(27,28)20-13-17(22)7-10-19(20)31-2)21(26)23-14-16-5-8-18(9-6-16)33(29,30)25-11-3-4-12-25/h5-10,13,15,24H,3-4,11-12,14H2,1-2H3,(H,23,26)/t15-/m1/s1. The summed E-state index contributed by atoms with van der Waals surface area (Å²) in [6.07, 6.45) is 1.71. The van der Waals surface area contributed by atoms with Crippen LogP contribution in [0.5, 0.6) is 5.75 Å². The van der Waals surface area contributed by atoms with Crippen LogP contribution in [0.15, 0.2) is 52.3 Å². The molecule has 0 aliphatic carbocycles. The highest BCUT2D eigenvalue weighted by Gasteiger charge is 2.27. The predicted molar refractivity (Wildman–Crippen MR) is 124 cm³/mol. The van der Waals surface area contributed by atoms with E-state index < -0.39 is 32.0 Å². The topological polar surface area (TPSA) is 122 Å². The monoisotopic (exact) mass is 515 g/mol. The molecule has 1 fully saturated rings. The van der Waals surface area contributed by atoms with Gasteiger partial charge >= 0.3 is 0 Å². The number of hydrogen-bond acceptors (Lipinski definition) is 6. The summed E-state index contributed by atoms with van der Waals surface area (Å²) in [5.41, 5.74) is 0.676. The lowest BCUT2D eigenvalue weighted by atomic mass is 10.2. The average Bonchev–Trinajstić information content (AvgIpc) is 3.33. The summed E-state index contributed by atoms with van der Waals surface area (Å²) in [6, 6.07) is 9.34. The fourth-order valence-electron chi connectivity index (χ4n) is 3.41. The van der Waals surface area contributed by atoms with Crippen molar-refractivity contribution in [3.63, 3.8) is 0 Å². The van der Waals surface area contributed by atoms with Crippen molar-refractivity contribution in [1.82, 2.24) is 14.3 Å². The van der Waals surface area contributed by atoms with Crippen LogP contribution in [0.1, 0.15) is 25.3 Å². The molecule has 1 atom stereocenters. The lowest BCUT2D eigenvalue weighted by Gasteiger charge is -2.17. The molecule has 2 aromatic carbocycles. The van der Waals surface area contributed by atoms with E-state index in [4.69, 9.17) is 16.3 Å². The third kappa shape index (κ3) is 6.04. The second-order valence-electron chi connectivity index (χ2n) is 7.61. The first kappa shape index (κ1) is 25.4. The molecule has 0 spiro atoms. The molecular weight excluding hydrogens is 490 g/mol. The summed E-state index contributed by atoms with van der Waals surface area (Å²) >= 11 is 5.91. The lowest BCUT2D eigenvalue weighted by Crippen LogP contribution is -2.44. The molecule has 0 saturated carbocycles. The van der Waals surface area contributed by atoms with Crippen LogP contribution < -0.4 is 14.8 Å². The van der Waals surface area contributed by atoms with E-state index in [0.717, 1.165) is 12.8 Å². The van der Waals surface area contributed by atoms with Crippen molar-refractivity contribution in [1.29, 1.82) is 0 Å². The maximum Gasteiger partial charge on any atom is 0.245 e. The molecule has 180 valence electrons. The zero-order valence-corrected chi connectivity index (χ0v) is 20.6. The van der Waals surface area contributed by atoms with E-state index in [9.17, 15) is 21.6 Å². The van der Waals surface area contributed by atoms with E-state index in [1.165, 1.54) is 48.7 Å². The fraction of sp³-hybridized carbons (Fsp3) is 0.381. The van der Waals surface area contributed by atoms with Crippen LogP contribution in [0.25, 0.3) is 0 Å². The van der Waals surface area contributed by atoms with Gasteiger partial charge in [-0.1, -0.05) is 23.7 Å². The Morgan fingerprint density at radius 2 is 1.73 bits per heavy atom. The SMILES string of the molecule is COc1ccc(Cl)cc1S(=O)(=O)N[C@H](C)C(=O)NCc1ccc(S(=O)(=O)N2CCCC2)cc1. The van der Waals surface area contributed by atoms with Crippen molar-refractivity contribution in [3.8, 4) is 5.75 Å². The number of sulfonamides is 2. The molecule has 1 aliphatic rings. The van der Waals surface area contributed by atoms with E-state index in [0.29, 0.717) is 18.7 Å². The molecule has 0 bridgehead atoms. The highest BCUT2D eigenvalue weighted by Crippen LogP contribution is 2.27. The Kier molecular flexibility index (Phi) is 8.01. The summed E-state index contributed by atoms with van der Waals surface area (Å²) in [7, 11) is -6.25. The lowest BCUT2D eigenvalue weighted by molar-refractivity contribution is -0.122. The van der Waals surface area contributed by atoms with Gasteiger partial charge in [0.05, 0.1) is 18.0 Å². The highest BCUT2D eigenvalue weighted by atomic mass is 35.5. The van der Waals surface area contributed by atoms with Gasteiger partial charge in [0.25, 0.3) is 0 Å². The van der Waals surface area contributed by atoms with E-state index in [2.05, 4.69) is 10.0 Å². The Morgan fingerprint density at radius 1 is 1.09 bits per heavy atom. The zero-order valence-electron chi connectivity index (χ0n) is 18.2. The summed E-state index contributed by atoms with van der Waals surface area (Å²) in [5.74, 6) is -0.447. The number of ether oxygens (including phenoxy) is 1. The van der Waals surface area contributed by atoms with Crippen LogP contribution in [-0.2, 0) is 31.4 Å². The van der Waals surface area contributed by atoms with Gasteiger partial charge in [-0.3, -0.25) is 4.79 Å². The van der Waals surface area contributed by atoms with Crippen LogP contribution in [0.4, 0.5) is 0 Å². The van der Waals surface area contributed by atoms with Gasteiger partial charge in [-0.2, -0.15) is 9.03 Å². The number of hydrogen-bond donors (Lipinski definition) is 2. The third-order valence-corrected chi connectivity index (χ3v) is 8.94. The van der Waals surface area contributed by atoms with Crippen molar-refractivity contribution in [2.75, 3.05) is 20.2 Å². The highest BCUT2D eigenvalue weighted by molar-refractivity contribution is 7.89. The summed E-state index contributed by atoms with van der Waals surface area (Å²) < 4.78 is 59.4. The van der Waals surface area contributed by atoms with Gasteiger partial charge in [0.15, 0.2) is 0 Å². The smallest absolute Gasteiger partial charge is 0.245 e. The minimum Gasteiger partial charge on any atom is -0.495 e. The van der Waals surface area contributed by atoms with Crippen molar-refractivity contribution in [3.05, 3.63) is 53.1 Å². The minimum atomic E-state index is -4.07. The van der Waals surface area contributed by atoms with Gasteiger partial charge in [0.2, 0.25) is 26.0 Å². The number of amides is 1. The molecule has 0 radical (unpaired) electrons. The second-order valence-corrected chi connectivity index (χ2v) is 11.7. The molecule has 3 rings (SSSR count). The average molecular weight is 516 g/mol. The molecule has 0 unspecified atom stereocenters. The number of carbonyl (C=O) groups excluding carboxylic acids is 1. The number of methoxy groups -OCH3 is 1. The minimum absolute atomic E-state index is 0.100. The largest absolute Gasteiger partial charge is 0.495 e. The van der Waals surface area contributed by atoms with Crippen LogP contribution in [0, 0.1) is 0 Å². The maximum absolute atomic E-state index is 12.7. The normalized spacial score (nSPS) is 15.8. The molecule has 1 aliphatic heterocycles. The molecule has 2 N–H and O–H groups in total. The number of rotatable bonds is 9. The second kappa shape index (κ2) is 10.4. The summed E-state index contributed by atoms with van der Waals surface area (Å²) in [6.45, 7) is 2.56.